The number of benzene rings is 3. The summed E-state index contributed by atoms with van der Waals surface area (Å²) < 4.78 is 5.67. The summed E-state index contributed by atoms with van der Waals surface area (Å²) in [6.07, 6.45) is 5.85. The summed E-state index contributed by atoms with van der Waals surface area (Å²) in [7, 11) is 2.06. The number of piperidine rings is 1. The fourth-order valence-corrected chi connectivity index (χ4v) is 6.05. The average Bonchev–Trinajstić information content (AvgIpc) is 3.66. The third-order valence-corrected chi connectivity index (χ3v) is 8.47. The molecule has 8 nitrogen and oxygen atoms in total. The van der Waals surface area contributed by atoms with E-state index in [0.717, 1.165) is 59.7 Å². The zero-order chi connectivity index (χ0) is 27.2. The SMILES string of the molecule is CN1c2cc(N3Cc4cc(N5CCCCC5)ccc4C3=O)ccc2NC1c1ccc(OCC(=O)NC2CC2)cc1. The lowest BCUT2D eigenvalue weighted by Gasteiger charge is -2.29. The number of ether oxygens (including phenoxy) is 1. The lowest BCUT2D eigenvalue weighted by Crippen LogP contribution is -2.30. The van der Waals surface area contributed by atoms with Crippen LogP contribution in [0.3, 0.4) is 0 Å². The summed E-state index contributed by atoms with van der Waals surface area (Å²) in [5, 5.41) is 6.54. The molecule has 206 valence electrons. The van der Waals surface area contributed by atoms with Crippen molar-refractivity contribution >= 4 is 34.6 Å². The van der Waals surface area contributed by atoms with E-state index < -0.39 is 0 Å². The van der Waals surface area contributed by atoms with Crippen LogP contribution in [0.2, 0.25) is 0 Å². The van der Waals surface area contributed by atoms with Gasteiger partial charge in [-0.25, -0.2) is 0 Å². The number of hydrogen-bond donors (Lipinski definition) is 2. The molecule has 1 aliphatic carbocycles. The second-order valence-electron chi connectivity index (χ2n) is 11.3. The Labute approximate surface area is 234 Å². The van der Waals surface area contributed by atoms with Crippen molar-refractivity contribution in [3.63, 3.8) is 0 Å². The van der Waals surface area contributed by atoms with Gasteiger partial charge in [0.2, 0.25) is 0 Å². The van der Waals surface area contributed by atoms with E-state index in [1.54, 1.807) is 0 Å². The Balaban J connectivity index is 1.03. The first-order chi connectivity index (χ1) is 19.5. The first-order valence-electron chi connectivity index (χ1n) is 14.4. The maximum absolute atomic E-state index is 13.4. The Kier molecular flexibility index (Phi) is 6.25. The predicted molar refractivity (Wildman–Crippen MR) is 157 cm³/mol. The minimum atomic E-state index is -0.0722. The van der Waals surface area contributed by atoms with Gasteiger partial charge in [-0.2, -0.15) is 0 Å². The highest BCUT2D eigenvalue weighted by Gasteiger charge is 2.32. The summed E-state index contributed by atoms with van der Waals surface area (Å²) >= 11 is 0. The summed E-state index contributed by atoms with van der Waals surface area (Å²) in [6.45, 7) is 2.81. The van der Waals surface area contributed by atoms with Gasteiger partial charge in [-0.05, 0) is 91.8 Å². The highest BCUT2D eigenvalue weighted by molar-refractivity contribution is 6.10. The first-order valence-corrected chi connectivity index (χ1v) is 14.4. The molecule has 0 spiro atoms. The Bertz CT molecular complexity index is 1450. The van der Waals surface area contributed by atoms with Crippen LogP contribution in [0, 0.1) is 0 Å². The van der Waals surface area contributed by atoms with Crippen molar-refractivity contribution in [3.05, 3.63) is 77.4 Å². The molecule has 3 aromatic rings. The normalized spacial score (nSPS) is 19.8. The van der Waals surface area contributed by atoms with Crippen LogP contribution in [0.25, 0.3) is 0 Å². The average molecular weight is 538 g/mol. The molecular formula is C32H35N5O3. The fourth-order valence-electron chi connectivity index (χ4n) is 6.05. The number of carbonyl (C=O) groups excluding carboxylic acids is 2. The van der Waals surface area contributed by atoms with E-state index in [-0.39, 0.29) is 24.6 Å². The maximum atomic E-state index is 13.4. The molecule has 0 aromatic heterocycles. The van der Waals surface area contributed by atoms with Crippen LogP contribution in [0.1, 0.15) is 59.8 Å². The molecule has 0 bridgehead atoms. The maximum Gasteiger partial charge on any atom is 0.258 e. The van der Waals surface area contributed by atoms with E-state index in [4.69, 9.17) is 4.74 Å². The summed E-state index contributed by atoms with van der Waals surface area (Å²) in [5.41, 5.74) is 7.21. The molecule has 8 heteroatoms. The van der Waals surface area contributed by atoms with E-state index >= 15 is 0 Å². The van der Waals surface area contributed by atoms with Crippen molar-refractivity contribution in [2.24, 2.45) is 0 Å². The predicted octanol–water partition coefficient (Wildman–Crippen LogP) is 5.06. The van der Waals surface area contributed by atoms with Gasteiger partial charge in [0.05, 0.1) is 17.9 Å². The zero-order valence-corrected chi connectivity index (χ0v) is 22.9. The van der Waals surface area contributed by atoms with Crippen molar-refractivity contribution in [3.8, 4) is 5.75 Å². The van der Waals surface area contributed by atoms with Gasteiger partial charge in [-0.3, -0.25) is 9.59 Å². The molecule has 1 unspecified atom stereocenters. The molecule has 7 rings (SSSR count). The van der Waals surface area contributed by atoms with Gasteiger partial charge in [0.15, 0.2) is 6.61 Å². The molecule has 1 saturated carbocycles. The quantitative estimate of drug-likeness (QED) is 0.439. The van der Waals surface area contributed by atoms with Crippen LogP contribution in [-0.4, -0.2) is 44.6 Å². The van der Waals surface area contributed by atoms with Crippen LogP contribution < -0.4 is 30.1 Å². The number of hydrogen-bond acceptors (Lipinski definition) is 6. The molecule has 1 saturated heterocycles. The third-order valence-electron chi connectivity index (χ3n) is 8.47. The number of amides is 2. The molecule has 2 fully saturated rings. The summed E-state index contributed by atoms with van der Waals surface area (Å²) in [5.74, 6) is 0.662. The molecule has 4 aliphatic rings. The van der Waals surface area contributed by atoms with Gasteiger partial charge in [0.1, 0.15) is 11.9 Å². The number of anilines is 4. The number of carbonyl (C=O) groups is 2. The van der Waals surface area contributed by atoms with Crippen LogP contribution in [0.5, 0.6) is 5.75 Å². The largest absolute Gasteiger partial charge is 0.484 e. The number of fused-ring (bicyclic) bond motifs is 2. The van der Waals surface area contributed by atoms with E-state index in [0.29, 0.717) is 18.3 Å². The van der Waals surface area contributed by atoms with Crippen molar-refractivity contribution in [1.29, 1.82) is 0 Å². The van der Waals surface area contributed by atoms with Crippen molar-refractivity contribution in [2.45, 2.75) is 50.9 Å². The molecule has 2 N–H and O–H groups in total. The minimum absolute atomic E-state index is 0.0320. The highest BCUT2D eigenvalue weighted by atomic mass is 16.5. The van der Waals surface area contributed by atoms with Gasteiger partial charge in [-0.15, -0.1) is 0 Å². The van der Waals surface area contributed by atoms with Crippen molar-refractivity contribution in [2.75, 3.05) is 46.8 Å². The zero-order valence-electron chi connectivity index (χ0n) is 22.9. The van der Waals surface area contributed by atoms with Crippen LogP contribution in [0.15, 0.2) is 60.7 Å². The first kappa shape index (κ1) is 24.8. The molecule has 2 amide bonds. The van der Waals surface area contributed by atoms with E-state index in [1.807, 2.05) is 41.3 Å². The molecule has 3 heterocycles. The number of nitrogens with zero attached hydrogens (tertiary/aromatic N) is 3. The Morgan fingerprint density at radius 3 is 2.52 bits per heavy atom. The van der Waals surface area contributed by atoms with Crippen molar-refractivity contribution < 1.29 is 14.3 Å². The molecule has 3 aromatic carbocycles. The Hall–Kier alpha value is -4.20. The Morgan fingerprint density at radius 1 is 0.975 bits per heavy atom. The highest BCUT2D eigenvalue weighted by Crippen LogP contribution is 2.43. The molecule has 40 heavy (non-hydrogen) atoms. The fraction of sp³-hybridized carbons (Fsp3) is 0.375. The topological polar surface area (TPSA) is 77.2 Å². The Morgan fingerprint density at radius 2 is 1.75 bits per heavy atom. The van der Waals surface area contributed by atoms with Crippen molar-refractivity contribution in [1.82, 2.24) is 5.32 Å². The summed E-state index contributed by atoms with van der Waals surface area (Å²) in [6, 6.07) is 20.7. The third kappa shape index (κ3) is 4.72. The number of rotatable bonds is 7. The molecular weight excluding hydrogens is 502 g/mol. The van der Waals surface area contributed by atoms with Crippen LogP contribution in [0.4, 0.5) is 22.7 Å². The van der Waals surface area contributed by atoms with Crippen LogP contribution in [-0.2, 0) is 11.3 Å². The van der Waals surface area contributed by atoms with Gasteiger partial charge < -0.3 is 30.1 Å². The van der Waals surface area contributed by atoms with Gasteiger partial charge in [-0.1, -0.05) is 12.1 Å². The monoisotopic (exact) mass is 537 g/mol. The van der Waals surface area contributed by atoms with E-state index in [1.165, 1.54) is 24.9 Å². The van der Waals surface area contributed by atoms with E-state index in [2.05, 4.69) is 51.7 Å². The molecule has 3 aliphatic heterocycles. The lowest BCUT2D eigenvalue weighted by molar-refractivity contribution is -0.123. The summed E-state index contributed by atoms with van der Waals surface area (Å²) in [4.78, 5) is 31.8. The van der Waals surface area contributed by atoms with Gasteiger partial charge in [0.25, 0.3) is 11.8 Å². The number of nitrogens with one attached hydrogen (secondary N) is 2. The second kappa shape index (κ2) is 10.1. The standard InChI is InChI=1S/C32H35N5O3/c1-35-29-18-25(37-19-22-17-24(9-13-27(22)32(37)39)36-15-3-2-4-16-36)10-14-28(29)34-31(35)21-5-11-26(12-6-21)40-20-30(38)33-23-7-8-23/h5-6,9-14,17-18,23,31,34H,2-4,7-8,15-16,19-20H2,1H3,(H,33,38). The smallest absolute Gasteiger partial charge is 0.258 e. The molecule has 1 atom stereocenters. The van der Waals surface area contributed by atoms with Gasteiger partial charge >= 0.3 is 0 Å². The minimum Gasteiger partial charge on any atom is -0.484 e. The van der Waals surface area contributed by atoms with Gasteiger partial charge in [0, 0.05) is 43.1 Å². The van der Waals surface area contributed by atoms with E-state index in [9.17, 15) is 9.59 Å². The van der Waals surface area contributed by atoms with Crippen LogP contribution >= 0.6 is 0 Å². The second-order valence-corrected chi connectivity index (χ2v) is 11.3. The molecule has 0 radical (unpaired) electrons. The lowest BCUT2D eigenvalue weighted by atomic mass is 10.1.